The van der Waals surface area contributed by atoms with E-state index in [1.807, 2.05) is 0 Å². The van der Waals surface area contributed by atoms with E-state index in [0.717, 1.165) is 38.8 Å². The molecule has 2 aliphatic rings. The highest BCUT2D eigenvalue weighted by molar-refractivity contribution is 5.77. The maximum atomic E-state index is 11.7. The van der Waals surface area contributed by atoms with Gasteiger partial charge in [-0.15, -0.1) is 0 Å². The predicted octanol–water partition coefficient (Wildman–Crippen LogP) is -0.0347. The van der Waals surface area contributed by atoms with Crippen LogP contribution in [0.2, 0.25) is 0 Å². The van der Waals surface area contributed by atoms with E-state index in [0.29, 0.717) is 0 Å². The Labute approximate surface area is 113 Å². The van der Waals surface area contributed by atoms with Crippen LogP contribution in [0.4, 0.5) is 0 Å². The number of ether oxygens (including phenoxy) is 2. The number of rotatable bonds is 5. The van der Waals surface area contributed by atoms with Gasteiger partial charge in [0.1, 0.15) is 24.8 Å². The van der Waals surface area contributed by atoms with Gasteiger partial charge in [0.15, 0.2) is 0 Å². The lowest BCUT2D eigenvalue weighted by atomic mass is 10.2. The van der Waals surface area contributed by atoms with Gasteiger partial charge in [0.25, 0.3) is 0 Å². The van der Waals surface area contributed by atoms with Gasteiger partial charge < -0.3 is 20.1 Å². The van der Waals surface area contributed by atoms with E-state index >= 15 is 0 Å². The second kappa shape index (κ2) is 6.86. The van der Waals surface area contributed by atoms with Gasteiger partial charge >= 0.3 is 11.9 Å². The summed E-state index contributed by atoms with van der Waals surface area (Å²) in [6, 6.07) is -0.394. The van der Waals surface area contributed by atoms with Crippen molar-refractivity contribution < 1.29 is 19.1 Å². The van der Waals surface area contributed by atoms with Crippen LogP contribution in [0.25, 0.3) is 0 Å². The lowest BCUT2D eigenvalue weighted by Crippen LogP contribution is -2.37. The normalized spacial score (nSPS) is 28.1. The molecule has 2 aliphatic heterocycles. The molecule has 0 aromatic carbocycles. The summed E-state index contributed by atoms with van der Waals surface area (Å²) >= 11 is 0. The molecule has 2 N–H and O–H groups in total. The minimum absolute atomic E-state index is 0.121. The Morgan fingerprint density at radius 1 is 1.11 bits per heavy atom. The molecule has 108 valence electrons. The molecule has 2 fully saturated rings. The van der Waals surface area contributed by atoms with Gasteiger partial charge in [0, 0.05) is 0 Å². The zero-order chi connectivity index (χ0) is 13.7. The van der Waals surface area contributed by atoms with Crippen molar-refractivity contribution in [3.63, 3.8) is 0 Å². The first-order valence-electron chi connectivity index (χ1n) is 7.00. The van der Waals surface area contributed by atoms with Crippen molar-refractivity contribution in [2.24, 2.45) is 0 Å². The number of esters is 2. The van der Waals surface area contributed by atoms with Gasteiger partial charge in [-0.3, -0.25) is 9.59 Å². The van der Waals surface area contributed by atoms with Crippen LogP contribution < -0.4 is 10.6 Å². The van der Waals surface area contributed by atoms with Gasteiger partial charge in [-0.25, -0.2) is 0 Å². The number of hydrogen-bond acceptors (Lipinski definition) is 6. The minimum atomic E-state index is -0.403. The lowest BCUT2D eigenvalue weighted by Gasteiger charge is -2.17. The lowest BCUT2D eigenvalue weighted by molar-refractivity contribution is -0.160. The minimum Gasteiger partial charge on any atom is -0.461 e. The third kappa shape index (κ3) is 4.18. The first kappa shape index (κ1) is 14.3. The van der Waals surface area contributed by atoms with E-state index in [2.05, 4.69) is 10.6 Å². The Hall–Kier alpha value is -1.14. The molecule has 0 spiro atoms. The monoisotopic (exact) mass is 270 g/mol. The second-order valence-corrected chi connectivity index (χ2v) is 5.18. The Balaban J connectivity index is 1.64. The highest BCUT2D eigenvalue weighted by Gasteiger charge is 2.27. The fourth-order valence-electron chi connectivity index (χ4n) is 2.39. The zero-order valence-corrected chi connectivity index (χ0v) is 11.3. The summed E-state index contributed by atoms with van der Waals surface area (Å²) in [6.45, 7) is 3.58. The van der Waals surface area contributed by atoms with E-state index in [1.54, 1.807) is 6.92 Å². The van der Waals surface area contributed by atoms with Crippen LogP contribution in [0, 0.1) is 0 Å². The fourth-order valence-corrected chi connectivity index (χ4v) is 2.39. The maximum absolute atomic E-state index is 11.7. The molecule has 0 saturated carbocycles. The molecule has 0 aliphatic carbocycles. The standard InChI is InChI=1S/C13H22N2O4/c1-9(19-13(17)11-5-3-7-15-11)8-18-12(16)10-4-2-6-14-10/h9-11,14-15H,2-8H2,1H3/t9?,10-,11-/m0/s1. The predicted molar refractivity (Wildman–Crippen MR) is 68.6 cm³/mol. The van der Waals surface area contributed by atoms with Crippen molar-refractivity contribution in [3.8, 4) is 0 Å². The summed E-state index contributed by atoms with van der Waals surface area (Å²) in [5.41, 5.74) is 0. The van der Waals surface area contributed by atoms with Crippen molar-refractivity contribution in [1.82, 2.24) is 10.6 Å². The van der Waals surface area contributed by atoms with E-state index < -0.39 is 6.10 Å². The quantitative estimate of drug-likeness (QED) is 0.683. The number of carbonyl (C=O) groups is 2. The highest BCUT2D eigenvalue weighted by atomic mass is 16.6. The topological polar surface area (TPSA) is 76.7 Å². The number of nitrogens with one attached hydrogen (secondary N) is 2. The molecule has 2 rings (SSSR count). The summed E-state index contributed by atoms with van der Waals surface area (Å²) < 4.78 is 10.4. The van der Waals surface area contributed by atoms with Gasteiger partial charge in [0.05, 0.1) is 0 Å². The largest absolute Gasteiger partial charge is 0.461 e. The molecule has 0 aromatic rings. The van der Waals surface area contributed by atoms with E-state index in [1.165, 1.54) is 0 Å². The first-order chi connectivity index (χ1) is 9.16. The van der Waals surface area contributed by atoms with Gasteiger partial charge in [-0.1, -0.05) is 0 Å². The van der Waals surface area contributed by atoms with Crippen molar-refractivity contribution in [2.45, 2.75) is 50.8 Å². The average molecular weight is 270 g/mol. The molecular weight excluding hydrogens is 248 g/mol. The van der Waals surface area contributed by atoms with Crippen LogP contribution in [0.3, 0.4) is 0 Å². The highest BCUT2D eigenvalue weighted by Crippen LogP contribution is 2.09. The Kier molecular flexibility index (Phi) is 5.15. The van der Waals surface area contributed by atoms with Gasteiger partial charge in [-0.05, 0) is 45.7 Å². The Morgan fingerprint density at radius 2 is 1.68 bits per heavy atom. The Morgan fingerprint density at radius 3 is 2.21 bits per heavy atom. The first-order valence-corrected chi connectivity index (χ1v) is 7.00. The Bertz CT molecular complexity index is 323. The van der Waals surface area contributed by atoms with Crippen molar-refractivity contribution in [3.05, 3.63) is 0 Å². The summed E-state index contributed by atoms with van der Waals surface area (Å²) in [4.78, 5) is 23.4. The molecule has 19 heavy (non-hydrogen) atoms. The molecule has 1 unspecified atom stereocenters. The summed E-state index contributed by atoms with van der Waals surface area (Å²) in [5, 5.41) is 6.15. The van der Waals surface area contributed by atoms with Crippen molar-refractivity contribution >= 4 is 11.9 Å². The number of carbonyl (C=O) groups excluding carboxylic acids is 2. The molecule has 3 atom stereocenters. The number of hydrogen-bond donors (Lipinski definition) is 2. The molecular formula is C13H22N2O4. The SMILES string of the molecule is CC(COC(=O)[C@@H]1CCCN1)OC(=O)[C@@H]1CCCN1. The third-order valence-corrected chi connectivity index (χ3v) is 3.47. The molecule has 0 bridgehead atoms. The van der Waals surface area contributed by atoms with Crippen molar-refractivity contribution in [2.75, 3.05) is 19.7 Å². The van der Waals surface area contributed by atoms with Crippen LogP contribution in [0.5, 0.6) is 0 Å². The molecule has 0 radical (unpaired) electrons. The second-order valence-electron chi connectivity index (χ2n) is 5.18. The molecule has 2 saturated heterocycles. The smallest absolute Gasteiger partial charge is 0.323 e. The van der Waals surface area contributed by atoms with Crippen LogP contribution in [-0.4, -0.2) is 49.8 Å². The van der Waals surface area contributed by atoms with Crippen LogP contribution in [0.1, 0.15) is 32.6 Å². The summed E-state index contributed by atoms with van der Waals surface area (Å²) in [5.74, 6) is -0.501. The molecule has 0 amide bonds. The fraction of sp³-hybridized carbons (Fsp3) is 0.846. The van der Waals surface area contributed by atoms with Gasteiger partial charge in [0.2, 0.25) is 0 Å². The van der Waals surface area contributed by atoms with E-state index in [-0.39, 0.29) is 30.6 Å². The molecule has 6 heteroatoms. The van der Waals surface area contributed by atoms with E-state index in [4.69, 9.17) is 9.47 Å². The van der Waals surface area contributed by atoms with Crippen LogP contribution >= 0.6 is 0 Å². The summed E-state index contributed by atoms with van der Waals surface area (Å²) in [6.07, 6.45) is 3.23. The van der Waals surface area contributed by atoms with E-state index in [9.17, 15) is 9.59 Å². The molecule has 2 heterocycles. The third-order valence-electron chi connectivity index (χ3n) is 3.47. The maximum Gasteiger partial charge on any atom is 0.323 e. The van der Waals surface area contributed by atoms with Crippen LogP contribution in [-0.2, 0) is 19.1 Å². The van der Waals surface area contributed by atoms with Gasteiger partial charge in [-0.2, -0.15) is 0 Å². The molecule has 0 aromatic heterocycles. The molecule has 6 nitrogen and oxygen atoms in total. The zero-order valence-electron chi connectivity index (χ0n) is 11.3. The van der Waals surface area contributed by atoms with Crippen molar-refractivity contribution in [1.29, 1.82) is 0 Å². The average Bonchev–Trinajstić information content (AvgIpc) is 3.07. The van der Waals surface area contributed by atoms with Crippen LogP contribution in [0.15, 0.2) is 0 Å². The summed E-state index contributed by atoms with van der Waals surface area (Å²) in [7, 11) is 0.